The Morgan fingerprint density at radius 3 is 2.68 bits per heavy atom. The zero-order valence-corrected chi connectivity index (χ0v) is 24.1. The van der Waals surface area contributed by atoms with Crippen LogP contribution in [0.1, 0.15) is 42.4 Å². The molecule has 1 aliphatic heterocycles. The SMILES string of the molecule is CCOC(=O)CNC(=O)Nc1cccc([C@@H]2O[C@H](CSc3nc4ccccc4s3)C[C@H](c3ccc(CO)cc3)O2)c1. The molecule has 1 aromatic heterocycles. The average Bonchev–Trinajstić information content (AvgIpc) is 3.42. The number of para-hydroxylation sites is 1. The van der Waals surface area contributed by atoms with Crippen molar-refractivity contribution in [2.24, 2.45) is 0 Å². The Labute approximate surface area is 246 Å². The number of esters is 1. The summed E-state index contributed by atoms with van der Waals surface area (Å²) in [5, 5.41) is 14.7. The molecule has 3 atom stereocenters. The summed E-state index contributed by atoms with van der Waals surface area (Å²) in [6.45, 7) is 1.71. The van der Waals surface area contributed by atoms with Gasteiger partial charge in [-0.1, -0.05) is 60.3 Å². The maximum Gasteiger partial charge on any atom is 0.325 e. The highest BCUT2D eigenvalue weighted by atomic mass is 32.2. The van der Waals surface area contributed by atoms with Crippen molar-refractivity contribution >= 4 is 51.0 Å². The number of nitrogens with zero attached hydrogens (tertiary/aromatic N) is 1. The van der Waals surface area contributed by atoms with Crippen molar-refractivity contribution in [2.45, 2.75) is 42.8 Å². The van der Waals surface area contributed by atoms with Gasteiger partial charge in [-0.15, -0.1) is 11.3 Å². The van der Waals surface area contributed by atoms with Crippen LogP contribution in [0.4, 0.5) is 10.5 Å². The summed E-state index contributed by atoms with van der Waals surface area (Å²) in [6, 6.07) is 22.6. The van der Waals surface area contributed by atoms with Gasteiger partial charge in [0, 0.05) is 23.4 Å². The van der Waals surface area contributed by atoms with Crippen molar-refractivity contribution in [2.75, 3.05) is 24.2 Å². The molecule has 41 heavy (non-hydrogen) atoms. The van der Waals surface area contributed by atoms with Gasteiger partial charge in [0.25, 0.3) is 0 Å². The number of benzene rings is 3. The Kier molecular flexibility index (Phi) is 9.86. The van der Waals surface area contributed by atoms with Crippen LogP contribution < -0.4 is 10.6 Å². The average molecular weight is 594 g/mol. The van der Waals surface area contributed by atoms with Crippen LogP contribution in [0, 0.1) is 0 Å². The summed E-state index contributed by atoms with van der Waals surface area (Å²) in [6.07, 6.45) is -0.373. The van der Waals surface area contributed by atoms with E-state index in [9.17, 15) is 14.7 Å². The number of urea groups is 1. The third kappa shape index (κ3) is 7.84. The molecular formula is C30H31N3O6S2. The van der Waals surface area contributed by atoms with Crippen LogP contribution in [0.3, 0.4) is 0 Å². The molecule has 11 heteroatoms. The number of nitrogens with one attached hydrogen (secondary N) is 2. The van der Waals surface area contributed by atoms with Crippen LogP contribution in [0.25, 0.3) is 10.2 Å². The van der Waals surface area contributed by atoms with Crippen LogP contribution in [0.2, 0.25) is 0 Å². The molecule has 3 N–H and O–H groups in total. The van der Waals surface area contributed by atoms with Crippen molar-refractivity contribution in [1.82, 2.24) is 10.3 Å². The van der Waals surface area contributed by atoms with Gasteiger partial charge in [-0.05, 0) is 42.3 Å². The molecule has 0 unspecified atom stereocenters. The van der Waals surface area contributed by atoms with Gasteiger partial charge in [-0.25, -0.2) is 9.78 Å². The van der Waals surface area contributed by atoms with E-state index in [0.717, 1.165) is 31.2 Å². The van der Waals surface area contributed by atoms with Crippen LogP contribution >= 0.6 is 23.1 Å². The second kappa shape index (κ2) is 13.9. The molecule has 0 bridgehead atoms. The Morgan fingerprint density at radius 1 is 1.07 bits per heavy atom. The lowest BCUT2D eigenvalue weighted by Gasteiger charge is -2.36. The van der Waals surface area contributed by atoms with Gasteiger partial charge < -0.3 is 30.0 Å². The maximum atomic E-state index is 12.3. The van der Waals surface area contributed by atoms with E-state index in [-0.39, 0.29) is 32.0 Å². The number of aliphatic hydroxyl groups is 1. The minimum atomic E-state index is -0.670. The summed E-state index contributed by atoms with van der Waals surface area (Å²) in [7, 11) is 0. The normalized spacial score (nSPS) is 18.6. The highest BCUT2D eigenvalue weighted by Crippen LogP contribution is 2.40. The summed E-state index contributed by atoms with van der Waals surface area (Å²) in [5.74, 6) is 0.187. The smallest absolute Gasteiger partial charge is 0.325 e. The fraction of sp³-hybridized carbons (Fsp3) is 0.300. The van der Waals surface area contributed by atoms with Gasteiger partial charge in [0.15, 0.2) is 10.6 Å². The first kappa shape index (κ1) is 29.0. The Bertz CT molecular complexity index is 1450. The van der Waals surface area contributed by atoms with E-state index < -0.39 is 18.3 Å². The number of aromatic nitrogens is 1. The molecule has 2 amide bonds. The summed E-state index contributed by atoms with van der Waals surface area (Å²) in [4.78, 5) is 28.6. The molecule has 1 saturated heterocycles. The molecule has 3 aromatic carbocycles. The first-order valence-corrected chi connectivity index (χ1v) is 15.1. The second-order valence-electron chi connectivity index (χ2n) is 9.35. The fourth-order valence-electron chi connectivity index (χ4n) is 4.40. The lowest BCUT2D eigenvalue weighted by atomic mass is 10.0. The lowest BCUT2D eigenvalue weighted by Crippen LogP contribution is -2.34. The summed E-state index contributed by atoms with van der Waals surface area (Å²) >= 11 is 3.33. The van der Waals surface area contributed by atoms with Crippen LogP contribution in [-0.4, -0.2) is 47.1 Å². The standard InChI is InChI=1S/C30H31N3O6S2/c1-2-37-27(35)16-31-29(36)32-22-7-5-6-21(14-22)28-38-23(15-25(39-28)20-12-10-19(17-34)11-13-20)18-40-30-33-24-8-3-4-9-26(24)41-30/h3-14,23,25,28,34H,2,15-18H2,1H3,(H2,31,32,36)/t23-,25+,28+/m0/s1. The molecule has 1 aliphatic rings. The molecule has 4 aromatic rings. The number of thioether (sulfide) groups is 1. The fourth-order valence-corrected chi connectivity index (χ4v) is 6.51. The van der Waals surface area contributed by atoms with E-state index in [4.69, 9.17) is 19.2 Å². The van der Waals surface area contributed by atoms with Gasteiger partial charge in [-0.2, -0.15) is 0 Å². The molecule has 9 nitrogen and oxygen atoms in total. The molecule has 0 radical (unpaired) electrons. The van der Waals surface area contributed by atoms with Gasteiger partial charge in [0.1, 0.15) is 6.54 Å². The largest absolute Gasteiger partial charge is 0.465 e. The van der Waals surface area contributed by atoms with E-state index in [1.807, 2.05) is 54.6 Å². The van der Waals surface area contributed by atoms with Gasteiger partial charge in [0.2, 0.25) is 0 Å². The zero-order chi connectivity index (χ0) is 28.6. The molecular weight excluding hydrogens is 562 g/mol. The number of carbonyl (C=O) groups excluding carboxylic acids is 2. The number of fused-ring (bicyclic) bond motifs is 1. The van der Waals surface area contributed by atoms with Gasteiger partial charge >= 0.3 is 12.0 Å². The van der Waals surface area contributed by atoms with E-state index in [2.05, 4.69) is 16.7 Å². The predicted octanol–water partition coefficient (Wildman–Crippen LogP) is 5.81. The minimum Gasteiger partial charge on any atom is -0.465 e. The Hall–Kier alpha value is -3.48. The van der Waals surface area contributed by atoms with Crippen molar-refractivity contribution in [3.05, 3.63) is 89.5 Å². The molecule has 0 saturated carbocycles. The number of anilines is 1. The number of hydrogen-bond acceptors (Lipinski definition) is 9. The van der Waals surface area contributed by atoms with Crippen molar-refractivity contribution in [3.8, 4) is 0 Å². The number of carbonyl (C=O) groups is 2. The Balaban J connectivity index is 1.30. The second-order valence-corrected chi connectivity index (χ2v) is 11.6. The van der Waals surface area contributed by atoms with Gasteiger partial charge in [-0.3, -0.25) is 4.79 Å². The number of hydrogen-bond donors (Lipinski definition) is 3. The molecule has 0 spiro atoms. The quantitative estimate of drug-likeness (QED) is 0.156. The topological polar surface area (TPSA) is 119 Å². The van der Waals surface area contributed by atoms with Crippen molar-refractivity contribution in [3.63, 3.8) is 0 Å². The van der Waals surface area contributed by atoms with E-state index >= 15 is 0 Å². The molecule has 214 valence electrons. The first-order chi connectivity index (χ1) is 20.0. The van der Waals surface area contributed by atoms with Crippen molar-refractivity contribution < 1.29 is 28.9 Å². The lowest BCUT2D eigenvalue weighted by molar-refractivity contribution is -0.245. The molecule has 5 rings (SSSR count). The highest BCUT2D eigenvalue weighted by Gasteiger charge is 2.32. The first-order valence-electron chi connectivity index (χ1n) is 13.3. The summed E-state index contributed by atoms with van der Waals surface area (Å²) in [5.41, 5.74) is 4.10. The number of amides is 2. The van der Waals surface area contributed by atoms with Crippen LogP contribution in [0.5, 0.6) is 0 Å². The van der Waals surface area contributed by atoms with E-state index in [1.165, 1.54) is 0 Å². The van der Waals surface area contributed by atoms with E-state index in [0.29, 0.717) is 17.9 Å². The highest BCUT2D eigenvalue weighted by molar-refractivity contribution is 8.01. The van der Waals surface area contributed by atoms with Crippen LogP contribution in [0.15, 0.2) is 77.1 Å². The maximum absolute atomic E-state index is 12.3. The molecule has 1 fully saturated rings. The molecule has 0 aliphatic carbocycles. The number of thiazole rings is 1. The predicted molar refractivity (Wildman–Crippen MR) is 159 cm³/mol. The number of ether oxygens (including phenoxy) is 3. The third-order valence-electron chi connectivity index (χ3n) is 6.40. The van der Waals surface area contributed by atoms with E-state index in [1.54, 1.807) is 42.2 Å². The summed E-state index contributed by atoms with van der Waals surface area (Å²) < 4.78 is 19.8. The van der Waals surface area contributed by atoms with Crippen LogP contribution in [-0.2, 0) is 25.6 Å². The monoisotopic (exact) mass is 593 g/mol. The molecule has 2 heterocycles. The minimum absolute atomic E-state index is 0.0217. The van der Waals surface area contributed by atoms with Crippen molar-refractivity contribution in [1.29, 1.82) is 0 Å². The Morgan fingerprint density at radius 2 is 1.90 bits per heavy atom. The van der Waals surface area contributed by atoms with Gasteiger partial charge in [0.05, 0.1) is 35.6 Å². The number of aliphatic hydroxyl groups excluding tert-OH is 1. The number of rotatable bonds is 10. The zero-order valence-electron chi connectivity index (χ0n) is 22.4. The third-order valence-corrected chi connectivity index (χ3v) is 8.71.